The summed E-state index contributed by atoms with van der Waals surface area (Å²) >= 11 is 0. The first-order valence-corrected chi connectivity index (χ1v) is 5.67. The lowest BCUT2D eigenvalue weighted by molar-refractivity contribution is -0.387. The molecule has 1 aromatic heterocycles. The van der Waals surface area contributed by atoms with Gasteiger partial charge in [0.15, 0.2) is 0 Å². The number of halogens is 4. The summed E-state index contributed by atoms with van der Waals surface area (Å²) in [6.45, 7) is 1.64. The molecule has 1 aromatic carbocycles. The minimum atomic E-state index is -4.71. The molecule has 0 saturated carbocycles. The number of hydrogen-bond donors (Lipinski definition) is 0. The van der Waals surface area contributed by atoms with Gasteiger partial charge in [-0.25, -0.2) is 4.98 Å². The maximum absolute atomic E-state index is 13.4. The highest BCUT2D eigenvalue weighted by atomic mass is 19.4. The predicted molar refractivity (Wildman–Crippen MR) is 61.6 cm³/mol. The molecule has 108 valence electrons. The van der Waals surface area contributed by atoms with Gasteiger partial charge in [0.25, 0.3) is 0 Å². The Morgan fingerprint density at radius 1 is 1.40 bits per heavy atom. The lowest BCUT2D eigenvalue weighted by Gasteiger charge is -2.09. The molecule has 9 heteroatoms. The second-order valence-electron chi connectivity index (χ2n) is 4.13. The van der Waals surface area contributed by atoms with Crippen LogP contribution >= 0.6 is 0 Å². The number of nitro groups is 1. The van der Waals surface area contributed by atoms with E-state index < -0.39 is 28.4 Å². The van der Waals surface area contributed by atoms with Crippen LogP contribution in [-0.2, 0) is 12.7 Å². The number of nitrogens with zero attached hydrogens (tertiary/aromatic N) is 3. The Kier molecular flexibility index (Phi) is 3.36. The fraction of sp³-hybridized carbons (Fsp3) is 0.364. The van der Waals surface area contributed by atoms with Crippen LogP contribution in [0.3, 0.4) is 0 Å². The Labute approximate surface area is 110 Å². The van der Waals surface area contributed by atoms with Gasteiger partial charge < -0.3 is 4.57 Å². The Morgan fingerprint density at radius 2 is 2.05 bits per heavy atom. The molecule has 0 fully saturated rings. The van der Waals surface area contributed by atoms with Crippen molar-refractivity contribution < 1.29 is 22.5 Å². The monoisotopic (exact) mass is 291 g/mol. The number of aryl methyl sites for hydroxylation is 1. The number of benzene rings is 1. The Morgan fingerprint density at radius 3 is 2.55 bits per heavy atom. The van der Waals surface area contributed by atoms with Gasteiger partial charge in [0.05, 0.1) is 16.0 Å². The second kappa shape index (κ2) is 4.73. The van der Waals surface area contributed by atoms with E-state index in [1.54, 1.807) is 6.92 Å². The first-order valence-electron chi connectivity index (χ1n) is 5.67. The summed E-state index contributed by atoms with van der Waals surface area (Å²) in [4.78, 5) is 13.0. The number of imidazole rings is 1. The third-order valence-electron chi connectivity index (χ3n) is 2.71. The summed E-state index contributed by atoms with van der Waals surface area (Å²) in [6.07, 6.45) is -4.33. The van der Waals surface area contributed by atoms with Gasteiger partial charge in [-0.2, -0.15) is 17.6 Å². The molecule has 0 aliphatic rings. The Hall–Kier alpha value is -2.19. The van der Waals surface area contributed by atoms with E-state index in [0.717, 1.165) is 10.6 Å². The molecule has 2 rings (SSSR count). The number of alkyl halides is 3. The molecule has 20 heavy (non-hydrogen) atoms. The number of hydrogen-bond acceptors (Lipinski definition) is 3. The first kappa shape index (κ1) is 14.2. The van der Waals surface area contributed by atoms with E-state index in [1.165, 1.54) is 0 Å². The summed E-state index contributed by atoms with van der Waals surface area (Å²) in [5.41, 5.74) is -1.23. The summed E-state index contributed by atoms with van der Waals surface area (Å²) in [5, 5.41) is 10.7. The lowest BCUT2D eigenvalue weighted by Crippen LogP contribution is -2.14. The van der Waals surface area contributed by atoms with Crippen molar-refractivity contribution in [2.75, 3.05) is 0 Å². The van der Waals surface area contributed by atoms with Crippen molar-refractivity contribution in [3.8, 4) is 0 Å². The van der Waals surface area contributed by atoms with Crippen LogP contribution in [0.25, 0.3) is 11.0 Å². The molecule has 0 bridgehead atoms. The standard InChI is InChI=1S/C11H9F4N3O2/c1-2-3-17-9-5-8(18(19)20)6(12)4-7(9)16-10(17)11(13,14)15/h4-5H,2-3H2,1H3. The van der Waals surface area contributed by atoms with Gasteiger partial charge >= 0.3 is 11.9 Å². The van der Waals surface area contributed by atoms with Gasteiger partial charge in [-0.15, -0.1) is 0 Å². The number of aromatic nitrogens is 2. The maximum Gasteiger partial charge on any atom is 0.449 e. The van der Waals surface area contributed by atoms with E-state index in [2.05, 4.69) is 4.98 Å². The molecule has 0 spiro atoms. The predicted octanol–water partition coefficient (Wildman–Crippen LogP) is 3.51. The average Bonchev–Trinajstić information content (AvgIpc) is 2.66. The van der Waals surface area contributed by atoms with Gasteiger partial charge in [0.2, 0.25) is 11.6 Å². The maximum atomic E-state index is 13.4. The zero-order chi connectivity index (χ0) is 15.1. The van der Waals surface area contributed by atoms with E-state index in [4.69, 9.17) is 0 Å². The van der Waals surface area contributed by atoms with Crippen molar-refractivity contribution in [3.05, 3.63) is 33.9 Å². The van der Waals surface area contributed by atoms with E-state index in [-0.39, 0.29) is 17.6 Å². The molecule has 0 saturated heterocycles. The third kappa shape index (κ3) is 2.30. The van der Waals surface area contributed by atoms with E-state index >= 15 is 0 Å². The Balaban J connectivity index is 2.79. The fourth-order valence-corrected chi connectivity index (χ4v) is 1.94. The second-order valence-corrected chi connectivity index (χ2v) is 4.13. The third-order valence-corrected chi connectivity index (χ3v) is 2.71. The molecule has 2 aromatic rings. The zero-order valence-electron chi connectivity index (χ0n) is 10.2. The summed E-state index contributed by atoms with van der Waals surface area (Å²) in [6, 6.07) is 1.43. The zero-order valence-corrected chi connectivity index (χ0v) is 10.2. The van der Waals surface area contributed by atoms with Crippen LogP contribution in [-0.4, -0.2) is 14.5 Å². The topological polar surface area (TPSA) is 61.0 Å². The van der Waals surface area contributed by atoms with Gasteiger partial charge in [0.1, 0.15) is 0 Å². The largest absolute Gasteiger partial charge is 0.449 e. The average molecular weight is 291 g/mol. The quantitative estimate of drug-likeness (QED) is 0.494. The summed E-state index contributed by atoms with van der Waals surface area (Å²) < 4.78 is 52.8. The van der Waals surface area contributed by atoms with Crippen molar-refractivity contribution in [1.82, 2.24) is 9.55 Å². The molecule has 1 heterocycles. The van der Waals surface area contributed by atoms with Gasteiger partial charge in [-0.05, 0) is 6.42 Å². The van der Waals surface area contributed by atoms with E-state index in [9.17, 15) is 27.7 Å². The van der Waals surface area contributed by atoms with Crippen molar-refractivity contribution in [2.24, 2.45) is 0 Å². The van der Waals surface area contributed by atoms with E-state index in [0.29, 0.717) is 12.5 Å². The van der Waals surface area contributed by atoms with Crippen LogP contribution in [0, 0.1) is 15.9 Å². The fourth-order valence-electron chi connectivity index (χ4n) is 1.94. The van der Waals surface area contributed by atoms with Crippen LogP contribution in [0.1, 0.15) is 19.2 Å². The summed E-state index contributed by atoms with van der Waals surface area (Å²) in [5.74, 6) is -2.40. The highest BCUT2D eigenvalue weighted by molar-refractivity contribution is 5.79. The van der Waals surface area contributed by atoms with Crippen LogP contribution < -0.4 is 0 Å². The molecule has 0 aliphatic heterocycles. The van der Waals surface area contributed by atoms with Crippen LogP contribution in [0.5, 0.6) is 0 Å². The minimum absolute atomic E-state index is 0.0197. The first-order chi connectivity index (χ1) is 9.25. The molecule has 0 N–H and O–H groups in total. The molecule has 0 amide bonds. The molecular weight excluding hydrogens is 282 g/mol. The SMILES string of the molecule is CCCn1c(C(F)(F)F)nc2cc(F)c([N+](=O)[O-])cc21. The van der Waals surface area contributed by atoms with Crippen LogP contribution in [0.4, 0.5) is 23.2 Å². The number of rotatable bonds is 3. The summed E-state index contributed by atoms with van der Waals surface area (Å²) in [7, 11) is 0. The van der Waals surface area contributed by atoms with Gasteiger partial charge in [0, 0.05) is 18.7 Å². The molecule has 0 aliphatic carbocycles. The molecular formula is C11H9F4N3O2. The highest BCUT2D eigenvalue weighted by Gasteiger charge is 2.38. The molecule has 0 radical (unpaired) electrons. The van der Waals surface area contributed by atoms with Gasteiger partial charge in [-0.1, -0.05) is 6.92 Å². The van der Waals surface area contributed by atoms with Crippen molar-refractivity contribution in [1.29, 1.82) is 0 Å². The highest BCUT2D eigenvalue weighted by Crippen LogP contribution is 2.33. The number of fused-ring (bicyclic) bond motifs is 1. The van der Waals surface area contributed by atoms with Crippen molar-refractivity contribution >= 4 is 16.7 Å². The molecule has 0 atom stereocenters. The number of nitro benzene ring substituents is 1. The van der Waals surface area contributed by atoms with Crippen LogP contribution in [0.15, 0.2) is 12.1 Å². The smallest absolute Gasteiger partial charge is 0.320 e. The van der Waals surface area contributed by atoms with Crippen molar-refractivity contribution in [3.63, 3.8) is 0 Å². The minimum Gasteiger partial charge on any atom is -0.320 e. The van der Waals surface area contributed by atoms with Crippen molar-refractivity contribution in [2.45, 2.75) is 26.1 Å². The Bertz CT molecular complexity index is 678. The molecule has 5 nitrogen and oxygen atoms in total. The molecule has 0 unspecified atom stereocenters. The van der Waals surface area contributed by atoms with E-state index in [1.807, 2.05) is 0 Å². The van der Waals surface area contributed by atoms with Gasteiger partial charge in [-0.3, -0.25) is 10.1 Å². The van der Waals surface area contributed by atoms with Crippen LogP contribution in [0.2, 0.25) is 0 Å². The lowest BCUT2D eigenvalue weighted by atomic mass is 10.2. The normalized spacial score (nSPS) is 12.1.